The van der Waals surface area contributed by atoms with Gasteiger partial charge in [-0.2, -0.15) is 11.3 Å². The largest absolute Gasteiger partial charge is 0.459 e. The van der Waals surface area contributed by atoms with Crippen LogP contribution in [-0.4, -0.2) is 23.4 Å². The average Bonchev–Trinajstić information content (AvgIpc) is 2.67. The second kappa shape index (κ2) is 6.59. The van der Waals surface area contributed by atoms with Gasteiger partial charge < -0.3 is 10.5 Å². The third kappa shape index (κ3) is 5.42. The lowest BCUT2D eigenvalue weighted by Crippen LogP contribution is -2.27. The van der Waals surface area contributed by atoms with Gasteiger partial charge in [-0.25, -0.2) is 0 Å². The Morgan fingerprint density at radius 2 is 2.22 bits per heavy atom. The van der Waals surface area contributed by atoms with Crippen molar-refractivity contribution < 1.29 is 9.53 Å². The van der Waals surface area contributed by atoms with E-state index in [0.29, 0.717) is 5.75 Å². The molecule has 0 spiro atoms. The number of thioether (sulfide) groups is 1. The number of esters is 1. The lowest BCUT2D eigenvalue weighted by atomic mass is 10.1. The SMILES string of the molecule is CC(N)C(SCC(=O)OC(C)(C)C)c1ccsc1. The summed E-state index contributed by atoms with van der Waals surface area (Å²) in [6, 6.07) is 2.06. The molecule has 5 heteroatoms. The lowest BCUT2D eigenvalue weighted by molar-refractivity contribution is -0.151. The number of rotatable bonds is 5. The van der Waals surface area contributed by atoms with Crippen LogP contribution >= 0.6 is 23.1 Å². The molecule has 2 N–H and O–H groups in total. The molecule has 0 aromatic carbocycles. The van der Waals surface area contributed by atoms with Gasteiger partial charge in [-0.1, -0.05) is 0 Å². The van der Waals surface area contributed by atoms with Gasteiger partial charge in [-0.15, -0.1) is 11.8 Å². The van der Waals surface area contributed by atoms with Crippen molar-refractivity contribution >= 4 is 29.1 Å². The van der Waals surface area contributed by atoms with Gasteiger partial charge in [-0.05, 0) is 50.1 Å². The first kappa shape index (κ1) is 15.5. The van der Waals surface area contributed by atoms with E-state index < -0.39 is 5.60 Å². The predicted molar refractivity (Wildman–Crippen MR) is 79.0 cm³/mol. The summed E-state index contributed by atoms with van der Waals surface area (Å²) in [5.74, 6) is 0.146. The summed E-state index contributed by atoms with van der Waals surface area (Å²) in [7, 11) is 0. The summed E-state index contributed by atoms with van der Waals surface area (Å²) < 4.78 is 5.29. The molecule has 0 fully saturated rings. The Kier molecular flexibility index (Phi) is 5.69. The second-order valence-corrected chi connectivity index (χ2v) is 7.14. The Morgan fingerprint density at radius 3 is 2.67 bits per heavy atom. The summed E-state index contributed by atoms with van der Waals surface area (Å²) in [5.41, 5.74) is 6.73. The minimum absolute atomic E-state index is 0.00652. The molecule has 0 aliphatic heterocycles. The van der Waals surface area contributed by atoms with Crippen molar-refractivity contribution in [3.05, 3.63) is 22.4 Å². The zero-order valence-electron chi connectivity index (χ0n) is 11.3. The van der Waals surface area contributed by atoms with Crippen molar-refractivity contribution in [1.29, 1.82) is 0 Å². The van der Waals surface area contributed by atoms with Crippen molar-refractivity contribution in [2.24, 2.45) is 5.73 Å². The lowest BCUT2D eigenvalue weighted by Gasteiger charge is -2.22. The molecule has 0 bridgehead atoms. The molecule has 0 aliphatic rings. The van der Waals surface area contributed by atoms with Gasteiger partial charge in [0.15, 0.2) is 0 Å². The molecule has 1 aromatic rings. The third-order valence-electron chi connectivity index (χ3n) is 2.15. The minimum Gasteiger partial charge on any atom is -0.459 e. The zero-order valence-corrected chi connectivity index (χ0v) is 12.9. The molecule has 0 radical (unpaired) electrons. The van der Waals surface area contributed by atoms with Gasteiger partial charge in [0.25, 0.3) is 0 Å². The van der Waals surface area contributed by atoms with Crippen LogP contribution < -0.4 is 5.73 Å². The van der Waals surface area contributed by atoms with E-state index >= 15 is 0 Å². The van der Waals surface area contributed by atoms with Crippen LogP contribution in [-0.2, 0) is 9.53 Å². The molecule has 0 saturated carbocycles. The number of hydrogen-bond donors (Lipinski definition) is 1. The molecule has 0 amide bonds. The predicted octanol–water partition coefficient (Wildman–Crippen LogP) is 3.21. The van der Waals surface area contributed by atoms with Crippen molar-refractivity contribution in [1.82, 2.24) is 0 Å². The van der Waals surface area contributed by atoms with E-state index in [4.69, 9.17) is 10.5 Å². The highest BCUT2D eigenvalue weighted by atomic mass is 32.2. The standard InChI is InChI=1S/C13H21NO2S2/c1-9(14)12(10-5-6-17-7-10)18-8-11(15)16-13(2,3)4/h5-7,9,12H,8,14H2,1-4H3. The Hall–Kier alpha value is -0.520. The Morgan fingerprint density at radius 1 is 1.56 bits per heavy atom. The number of hydrogen-bond acceptors (Lipinski definition) is 5. The molecule has 18 heavy (non-hydrogen) atoms. The van der Waals surface area contributed by atoms with Crippen molar-refractivity contribution in [2.45, 2.75) is 44.6 Å². The quantitative estimate of drug-likeness (QED) is 0.845. The van der Waals surface area contributed by atoms with Crippen LogP contribution in [0.4, 0.5) is 0 Å². The maximum atomic E-state index is 11.7. The van der Waals surface area contributed by atoms with E-state index in [1.807, 2.05) is 33.1 Å². The first-order valence-electron chi connectivity index (χ1n) is 5.91. The highest BCUT2D eigenvalue weighted by Gasteiger charge is 2.21. The summed E-state index contributed by atoms with van der Waals surface area (Å²) in [6.07, 6.45) is 0. The van der Waals surface area contributed by atoms with E-state index in [1.54, 1.807) is 23.1 Å². The zero-order chi connectivity index (χ0) is 13.8. The van der Waals surface area contributed by atoms with Gasteiger partial charge in [-0.3, -0.25) is 4.79 Å². The van der Waals surface area contributed by atoms with Crippen LogP contribution in [0.3, 0.4) is 0 Å². The fourth-order valence-corrected chi connectivity index (χ4v) is 3.32. The van der Waals surface area contributed by atoms with Crippen LogP contribution in [0.25, 0.3) is 0 Å². The minimum atomic E-state index is -0.427. The highest BCUT2D eigenvalue weighted by molar-refractivity contribution is 8.00. The molecule has 102 valence electrons. The number of carbonyl (C=O) groups is 1. The summed E-state index contributed by atoms with van der Waals surface area (Å²) in [5, 5.41) is 4.25. The van der Waals surface area contributed by atoms with Crippen molar-refractivity contribution in [3.8, 4) is 0 Å². The van der Waals surface area contributed by atoms with Gasteiger partial charge >= 0.3 is 5.97 Å². The summed E-state index contributed by atoms with van der Waals surface area (Å²) >= 11 is 3.19. The van der Waals surface area contributed by atoms with Crippen LogP contribution in [0.5, 0.6) is 0 Å². The van der Waals surface area contributed by atoms with Crippen LogP contribution in [0.15, 0.2) is 16.8 Å². The van der Waals surface area contributed by atoms with E-state index in [1.165, 1.54) is 5.56 Å². The molecule has 2 atom stereocenters. The monoisotopic (exact) mass is 287 g/mol. The molecular weight excluding hydrogens is 266 g/mol. The van der Waals surface area contributed by atoms with Crippen LogP contribution in [0, 0.1) is 0 Å². The molecule has 1 aromatic heterocycles. The number of nitrogens with two attached hydrogens (primary N) is 1. The maximum absolute atomic E-state index is 11.7. The molecule has 0 aliphatic carbocycles. The molecule has 2 unspecified atom stereocenters. The topological polar surface area (TPSA) is 52.3 Å². The first-order chi connectivity index (χ1) is 8.29. The Balaban J connectivity index is 2.52. The summed E-state index contributed by atoms with van der Waals surface area (Å²) in [6.45, 7) is 7.58. The van der Waals surface area contributed by atoms with Crippen molar-refractivity contribution in [3.63, 3.8) is 0 Å². The van der Waals surface area contributed by atoms with Crippen LogP contribution in [0.1, 0.15) is 38.5 Å². The second-order valence-electron chi connectivity index (χ2n) is 5.23. The normalized spacial score (nSPS) is 15.2. The van der Waals surface area contributed by atoms with E-state index in [0.717, 1.165) is 0 Å². The first-order valence-corrected chi connectivity index (χ1v) is 7.90. The van der Waals surface area contributed by atoms with E-state index in [-0.39, 0.29) is 17.3 Å². The highest BCUT2D eigenvalue weighted by Crippen LogP contribution is 2.32. The number of thiophene rings is 1. The Bertz CT molecular complexity index is 369. The van der Waals surface area contributed by atoms with Gasteiger partial charge in [0.05, 0.1) is 5.75 Å². The van der Waals surface area contributed by atoms with Gasteiger partial charge in [0, 0.05) is 11.3 Å². The fourth-order valence-electron chi connectivity index (χ4n) is 1.52. The molecular formula is C13H21NO2S2. The van der Waals surface area contributed by atoms with Crippen LogP contribution in [0.2, 0.25) is 0 Å². The molecule has 1 rings (SSSR count). The smallest absolute Gasteiger partial charge is 0.316 e. The maximum Gasteiger partial charge on any atom is 0.316 e. The van der Waals surface area contributed by atoms with Gasteiger partial charge in [0.1, 0.15) is 5.60 Å². The summed E-state index contributed by atoms with van der Waals surface area (Å²) in [4.78, 5) is 11.7. The van der Waals surface area contributed by atoms with Crippen molar-refractivity contribution in [2.75, 3.05) is 5.75 Å². The van der Waals surface area contributed by atoms with E-state index in [9.17, 15) is 4.79 Å². The molecule has 3 nitrogen and oxygen atoms in total. The average molecular weight is 287 g/mol. The third-order valence-corrected chi connectivity index (χ3v) is 4.31. The number of ether oxygens (including phenoxy) is 1. The fraction of sp³-hybridized carbons (Fsp3) is 0.615. The molecule has 1 heterocycles. The molecule has 0 saturated heterocycles. The van der Waals surface area contributed by atoms with Gasteiger partial charge in [0.2, 0.25) is 0 Å². The number of carbonyl (C=O) groups excluding carboxylic acids is 1. The van der Waals surface area contributed by atoms with E-state index in [2.05, 4.69) is 11.4 Å². The Labute approximate surface area is 117 Å².